The molecule has 1 aliphatic rings. The van der Waals surface area contributed by atoms with Crippen molar-refractivity contribution >= 4 is 11.9 Å². The summed E-state index contributed by atoms with van der Waals surface area (Å²) in [6.07, 6.45) is 2.54. The molecular weight excluding hydrogens is 232 g/mol. The number of aliphatic carboxylic acids is 1. The number of hydrogen-bond donors (Lipinski definition) is 3. The van der Waals surface area contributed by atoms with Gasteiger partial charge in [0, 0.05) is 12.1 Å². The Morgan fingerprint density at radius 2 is 2.11 bits per heavy atom. The van der Waals surface area contributed by atoms with Crippen molar-refractivity contribution in [2.24, 2.45) is 17.1 Å². The van der Waals surface area contributed by atoms with Crippen LogP contribution in [-0.4, -0.2) is 29.1 Å². The number of rotatable bonds is 5. The lowest BCUT2D eigenvalue weighted by Crippen LogP contribution is -2.51. The molecule has 0 aromatic heterocycles. The topological polar surface area (TPSA) is 92.4 Å². The second-order valence-corrected chi connectivity index (χ2v) is 5.84. The first-order valence-corrected chi connectivity index (χ1v) is 6.55. The number of carbonyl (C=O) groups excluding carboxylic acids is 1. The van der Waals surface area contributed by atoms with E-state index in [4.69, 9.17) is 10.8 Å². The average Bonchev–Trinajstić information content (AvgIpc) is 2.58. The Morgan fingerprint density at radius 3 is 2.50 bits per heavy atom. The molecule has 3 atom stereocenters. The van der Waals surface area contributed by atoms with Gasteiger partial charge < -0.3 is 16.2 Å². The quantitative estimate of drug-likeness (QED) is 0.687. The summed E-state index contributed by atoms with van der Waals surface area (Å²) in [6, 6.07) is -0.463. The van der Waals surface area contributed by atoms with Crippen LogP contribution in [0.5, 0.6) is 0 Å². The van der Waals surface area contributed by atoms with Crippen molar-refractivity contribution in [1.82, 2.24) is 5.32 Å². The highest BCUT2D eigenvalue weighted by atomic mass is 16.4. The molecule has 0 saturated heterocycles. The number of nitrogens with two attached hydrogens (primary N) is 1. The summed E-state index contributed by atoms with van der Waals surface area (Å²) in [5.74, 6) is -0.909. The Morgan fingerprint density at radius 1 is 1.50 bits per heavy atom. The molecule has 18 heavy (non-hydrogen) atoms. The summed E-state index contributed by atoms with van der Waals surface area (Å²) in [5.41, 5.74) is 5.44. The summed E-state index contributed by atoms with van der Waals surface area (Å²) >= 11 is 0. The van der Waals surface area contributed by atoms with Crippen molar-refractivity contribution in [3.63, 3.8) is 0 Å². The SMILES string of the molecule is CC(C)C(CC(=O)O)NC(=O)C1(C)CCCC1N. The van der Waals surface area contributed by atoms with Crippen LogP contribution in [0.15, 0.2) is 0 Å². The molecule has 5 nitrogen and oxygen atoms in total. The van der Waals surface area contributed by atoms with E-state index in [1.165, 1.54) is 0 Å². The molecule has 0 bridgehead atoms. The van der Waals surface area contributed by atoms with Gasteiger partial charge in [-0.05, 0) is 25.7 Å². The van der Waals surface area contributed by atoms with Gasteiger partial charge in [0.15, 0.2) is 0 Å². The van der Waals surface area contributed by atoms with E-state index in [9.17, 15) is 9.59 Å². The number of carboxylic acid groups (broad SMARTS) is 1. The summed E-state index contributed by atoms with van der Waals surface area (Å²) in [6.45, 7) is 5.69. The zero-order valence-electron chi connectivity index (χ0n) is 11.4. The van der Waals surface area contributed by atoms with Crippen LogP contribution in [-0.2, 0) is 9.59 Å². The second kappa shape index (κ2) is 5.69. The van der Waals surface area contributed by atoms with E-state index in [1.54, 1.807) is 0 Å². The Labute approximate surface area is 108 Å². The van der Waals surface area contributed by atoms with E-state index >= 15 is 0 Å². The minimum absolute atomic E-state index is 0.0469. The molecule has 4 N–H and O–H groups in total. The predicted molar refractivity (Wildman–Crippen MR) is 69.0 cm³/mol. The molecule has 1 fully saturated rings. The Kier molecular flexibility index (Phi) is 4.73. The first-order chi connectivity index (χ1) is 8.27. The van der Waals surface area contributed by atoms with Crippen LogP contribution in [0, 0.1) is 11.3 Å². The molecule has 0 spiro atoms. The third kappa shape index (κ3) is 3.22. The molecule has 0 aliphatic heterocycles. The molecule has 1 saturated carbocycles. The third-order valence-electron chi connectivity index (χ3n) is 4.06. The average molecular weight is 256 g/mol. The van der Waals surface area contributed by atoms with Gasteiger partial charge in [0.1, 0.15) is 0 Å². The van der Waals surface area contributed by atoms with Gasteiger partial charge >= 0.3 is 5.97 Å². The Bertz CT molecular complexity index is 330. The van der Waals surface area contributed by atoms with Crippen LogP contribution < -0.4 is 11.1 Å². The van der Waals surface area contributed by atoms with Gasteiger partial charge in [-0.15, -0.1) is 0 Å². The summed E-state index contributed by atoms with van der Waals surface area (Å²) < 4.78 is 0. The van der Waals surface area contributed by atoms with Gasteiger partial charge in [-0.25, -0.2) is 0 Å². The number of nitrogens with one attached hydrogen (secondary N) is 1. The Balaban J connectivity index is 2.69. The van der Waals surface area contributed by atoms with Crippen LogP contribution in [0.3, 0.4) is 0 Å². The highest BCUT2D eigenvalue weighted by molar-refractivity contribution is 5.84. The van der Waals surface area contributed by atoms with Crippen LogP contribution in [0.2, 0.25) is 0 Å². The van der Waals surface area contributed by atoms with Crippen LogP contribution in [0.1, 0.15) is 46.5 Å². The van der Waals surface area contributed by atoms with Gasteiger partial charge in [0.05, 0.1) is 11.8 Å². The highest BCUT2D eigenvalue weighted by Gasteiger charge is 2.43. The number of amides is 1. The number of carbonyl (C=O) groups is 2. The fourth-order valence-electron chi connectivity index (χ4n) is 2.45. The minimum atomic E-state index is -0.894. The molecule has 0 radical (unpaired) electrons. The molecule has 104 valence electrons. The molecule has 0 aromatic carbocycles. The fourth-order valence-corrected chi connectivity index (χ4v) is 2.45. The number of carboxylic acids is 1. The standard InChI is InChI=1S/C13H24N2O3/c1-8(2)9(7-11(16)17)15-12(18)13(3)6-4-5-10(13)14/h8-10H,4-7,14H2,1-3H3,(H,15,18)(H,16,17). The Hall–Kier alpha value is -1.10. The van der Waals surface area contributed by atoms with Crippen LogP contribution >= 0.6 is 0 Å². The van der Waals surface area contributed by atoms with Crippen molar-refractivity contribution < 1.29 is 14.7 Å². The molecule has 5 heteroatoms. The maximum atomic E-state index is 12.3. The fraction of sp³-hybridized carbons (Fsp3) is 0.846. The molecule has 0 heterocycles. The zero-order chi connectivity index (χ0) is 13.9. The second-order valence-electron chi connectivity index (χ2n) is 5.84. The number of hydrogen-bond acceptors (Lipinski definition) is 3. The minimum Gasteiger partial charge on any atom is -0.481 e. The molecular formula is C13H24N2O3. The van der Waals surface area contributed by atoms with E-state index < -0.39 is 11.4 Å². The molecule has 3 unspecified atom stereocenters. The van der Waals surface area contributed by atoms with E-state index in [-0.39, 0.29) is 30.3 Å². The molecule has 1 rings (SSSR count). The van der Waals surface area contributed by atoms with Crippen LogP contribution in [0.4, 0.5) is 0 Å². The third-order valence-corrected chi connectivity index (χ3v) is 4.06. The summed E-state index contributed by atoms with van der Waals surface area (Å²) in [7, 11) is 0. The molecule has 1 aliphatic carbocycles. The highest BCUT2D eigenvalue weighted by Crippen LogP contribution is 2.37. The van der Waals surface area contributed by atoms with Gasteiger partial charge in [0.2, 0.25) is 5.91 Å². The van der Waals surface area contributed by atoms with E-state index in [1.807, 2.05) is 20.8 Å². The van der Waals surface area contributed by atoms with Gasteiger partial charge in [0.25, 0.3) is 0 Å². The van der Waals surface area contributed by atoms with Crippen molar-refractivity contribution in [2.75, 3.05) is 0 Å². The first-order valence-electron chi connectivity index (χ1n) is 6.55. The van der Waals surface area contributed by atoms with Gasteiger partial charge in [-0.3, -0.25) is 9.59 Å². The van der Waals surface area contributed by atoms with Crippen molar-refractivity contribution in [3.05, 3.63) is 0 Å². The van der Waals surface area contributed by atoms with Crippen molar-refractivity contribution in [1.29, 1.82) is 0 Å². The lowest BCUT2D eigenvalue weighted by molar-refractivity contribution is -0.138. The molecule has 1 amide bonds. The van der Waals surface area contributed by atoms with E-state index in [0.717, 1.165) is 19.3 Å². The van der Waals surface area contributed by atoms with Crippen LogP contribution in [0.25, 0.3) is 0 Å². The van der Waals surface area contributed by atoms with E-state index in [2.05, 4.69) is 5.32 Å². The zero-order valence-corrected chi connectivity index (χ0v) is 11.4. The van der Waals surface area contributed by atoms with Gasteiger partial charge in [-0.2, -0.15) is 0 Å². The summed E-state index contributed by atoms with van der Waals surface area (Å²) in [5, 5.41) is 11.7. The van der Waals surface area contributed by atoms with E-state index in [0.29, 0.717) is 0 Å². The van der Waals surface area contributed by atoms with Crippen molar-refractivity contribution in [2.45, 2.75) is 58.5 Å². The molecule has 0 aromatic rings. The largest absolute Gasteiger partial charge is 0.481 e. The lowest BCUT2D eigenvalue weighted by atomic mass is 9.83. The maximum absolute atomic E-state index is 12.3. The lowest BCUT2D eigenvalue weighted by Gasteiger charge is -2.31. The predicted octanol–water partition coefficient (Wildman–Crippen LogP) is 1.12. The first kappa shape index (κ1) is 15.0. The van der Waals surface area contributed by atoms with Crippen molar-refractivity contribution in [3.8, 4) is 0 Å². The normalized spacial score (nSPS) is 29.3. The smallest absolute Gasteiger partial charge is 0.305 e. The monoisotopic (exact) mass is 256 g/mol. The van der Waals surface area contributed by atoms with Gasteiger partial charge in [-0.1, -0.05) is 20.3 Å². The maximum Gasteiger partial charge on any atom is 0.305 e. The summed E-state index contributed by atoms with van der Waals surface area (Å²) in [4.78, 5) is 23.1.